The zero-order valence-corrected chi connectivity index (χ0v) is 14.9. The van der Waals surface area contributed by atoms with Gasteiger partial charge in [0, 0.05) is 12.8 Å². The molecule has 0 amide bonds. The molecule has 0 bridgehead atoms. The first-order chi connectivity index (χ1) is 11.6. The number of unbranched alkanes of at least 4 members (excludes halogenated alkanes) is 2. The van der Waals surface area contributed by atoms with E-state index in [-0.39, 0.29) is 0 Å². The van der Waals surface area contributed by atoms with Crippen molar-refractivity contribution in [2.45, 2.75) is 89.6 Å². The standard InChI is InChI=1S/C18H30O6/c1-3-5-12-21-16(19)14-15(17(20)22-13-6-4-2)24-18(23-14)10-8-7-9-11-18/h14-15H,3-13H2,1-2H3. The minimum absolute atomic E-state index is 0.333. The molecule has 2 atom stereocenters. The molecule has 2 unspecified atom stereocenters. The Labute approximate surface area is 144 Å². The fraction of sp³-hybridized carbons (Fsp3) is 0.889. The van der Waals surface area contributed by atoms with Gasteiger partial charge < -0.3 is 18.9 Å². The number of hydrogen-bond acceptors (Lipinski definition) is 6. The molecule has 24 heavy (non-hydrogen) atoms. The van der Waals surface area contributed by atoms with Crippen LogP contribution in [0, 0.1) is 0 Å². The van der Waals surface area contributed by atoms with Gasteiger partial charge in [0.05, 0.1) is 13.2 Å². The summed E-state index contributed by atoms with van der Waals surface area (Å²) in [6.45, 7) is 4.71. The highest BCUT2D eigenvalue weighted by Gasteiger charge is 2.54. The Morgan fingerprint density at radius 3 is 1.75 bits per heavy atom. The van der Waals surface area contributed by atoms with Gasteiger partial charge >= 0.3 is 11.9 Å². The van der Waals surface area contributed by atoms with Gasteiger partial charge in [-0.05, 0) is 25.7 Å². The van der Waals surface area contributed by atoms with Gasteiger partial charge in [0.2, 0.25) is 0 Å². The molecule has 0 aromatic carbocycles. The molecule has 0 aromatic heterocycles. The molecule has 138 valence electrons. The van der Waals surface area contributed by atoms with Crippen LogP contribution in [0.4, 0.5) is 0 Å². The molecule has 2 fully saturated rings. The third kappa shape index (κ3) is 4.93. The third-order valence-electron chi connectivity index (χ3n) is 4.52. The number of hydrogen-bond donors (Lipinski definition) is 0. The smallest absolute Gasteiger partial charge is 0.338 e. The molecule has 2 aliphatic rings. The lowest BCUT2D eigenvalue weighted by atomic mass is 9.94. The predicted octanol–water partition coefficient (Wildman–Crippen LogP) is 3.12. The van der Waals surface area contributed by atoms with Crippen molar-refractivity contribution in [3.63, 3.8) is 0 Å². The summed E-state index contributed by atoms with van der Waals surface area (Å²) >= 11 is 0. The summed E-state index contributed by atoms with van der Waals surface area (Å²) < 4.78 is 22.4. The highest BCUT2D eigenvalue weighted by molar-refractivity contribution is 5.86. The minimum Gasteiger partial charge on any atom is -0.464 e. The summed E-state index contributed by atoms with van der Waals surface area (Å²) in [6, 6.07) is 0. The molecule has 0 radical (unpaired) electrons. The van der Waals surface area contributed by atoms with E-state index >= 15 is 0 Å². The van der Waals surface area contributed by atoms with Crippen LogP contribution in [0.5, 0.6) is 0 Å². The van der Waals surface area contributed by atoms with E-state index in [0.717, 1.165) is 44.9 Å². The van der Waals surface area contributed by atoms with Gasteiger partial charge in [0.1, 0.15) is 0 Å². The molecule has 1 aliphatic carbocycles. The van der Waals surface area contributed by atoms with Gasteiger partial charge in [-0.15, -0.1) is 0 Å². The van der Waals surface area contributed by atoms with E-state index in [2.05, 4.69) is 0 Å². The first-order valence-electron chi connectivity index (χ1n) is 9.31. The van der Waals surface area contributed by atoms with E-state index in [1.165, 1.54) is 0 Å². The number of esters is 2. The van der Waals surface area contributed by atoms with Crippen molar-refractivity contribution in [3.8, 4) is 0 Å². The van der Waals surface area contributed by atoms with Crippen molar-refractivity contribution in [1.29, 1.82) is 0 Å². The normalized spacial score (nSPS) is 25.6. The Hall–Kier alpha value is -1.14. The van der Waals surface area contributed by atoms with Gasteiger partial charge in [0.25, 0.3) is 0 Å². The summed E-state index contributed by atoms with van der Waals surface area (Å²) in [7, 11) is 0. The van der Waals surface area contributed by atoms with Gasteiger partial charge in [-0.25, -0.2) is 9.59 Å². The molecule has 2 rings (SSSR count). The first-order valence-corrected chi connectivity index (χ1v) is 9.31. The molecular weight excluding hydrogens is 312 g/mol. The first kappa shape index (κ1) is 19.2. The lowest BCUT2D eigenvalue weighted by molar-refractivity contribution is -0.203. The largest absolute Gasteiger partial charge is 0.464 e. The zero-order chi connectivity index (χ0) is 17.4. The fourth-order valence-corrected chi connectivity index (χ4v) is 3.08. The Morgan fingerprint density at radius 1 is 0.875 bits per heavy atom. The maximum atomic E-state index is 12.4. The van der Waals surface area contributed by atoms with Crippen LogP contribution in [-0.2, 0) is 28.5 Å². The molecule has 6 nitrogen and oxygen atoms in total. The van der Waals surface area contributed by atoms with Crippen LogP contribution in [0.1, 0.15) is 71.6 Å². The quantitative estimate of drug-likeness (QED) is 0.498. The second kappa shape index (κ2) is 9.37. The summed E-state index contributed by atoms with van der Waals surface area (Å²) in [4.78, 5) is 24.7. The Balaban J connectivity index is 2.01. The van der Waals surface area contributed by atoms with Crippen molar-refractivity contribution in [1.82, 2.24) is 0 Å². The van der Waals surface area contributed by atoms with Gasteiger partial charge in [-0.1, -0.05) is 33.1 Å². The van der Waals surface area contributed by atoms with Crippen molar-refractivity contribution in [3.05, 3.63) is 0 Å². The Morgan fingerprint density at radius 2 is 1.33 bits per heavy atom. The van der Waals surface area contributed by atoms with Crippen LogP contribution < -0.4 is 0 Å². The second-order valence-electron chi connectivity index (χ2n) is 6.59. The summed E-state index contributed by atoms with van der Waals surface area (Å²) in [5.41, 5.74) is 0. The Kier molecular flexibility index (Phi) is 7.49. The average Bonchev–Trinajstić information content (AvgIpc) is 2.95. The van der Waals surface area contributed by atoms with E-state index in [9.17, 15) is 9.59 Å². The van der Waals surface area contributed by atoms with Gasteiger partial charge in [0.15, 0.2) is 18.0 Å². The molecule has 0 aromatic rings. The Bertz CT molecular complexity index is 384. The lowest BCUT2D eigenvalue weighted by Crippen LogP contribution is -2.39. The topological polar surface area (TPSA) is 71.1 Å². The SMILES string of the molecule is CCCCOC(=O)C1OC2(CCCCC2)OC1C(=O)OCCCC. The molecule has 1 heterocycles. The molecule has 6 heteroatoms. The van der Waals surface area contributed by atoms with Crippen molar-refractivity contribution in [2.75, 3.05) is 13.2 Å². The van der Waals surface area contributed by atoms with Crippen molar-refractivity contribution >= 4 is 11.9 Å². The van der Waals surface area contributed by atoms with E-state index in [1.54, 1.807) is 0 Å². The average molecular weight is 342 g/mol. The van der Waals surface area contributed by atoms with Crippen LogP contribution >= 0.6 is 0 Å². The van der Waals surface area contributed by atoms with Crippen molar-refractivity contribution in [2.24, 2.45) is 0 Å². The zero-order valence-electron chi connectivity index (χ0n) is 14.9. The molecule has 0 N–H and O–H groups in total. The van der Waals surface area contributed by atoms with Gasteiger partial charge in [-0.2, -0.15) is 0 Å². The highest BCUT2D eigenvalue weighted by Crippen LogP contribution is 2.41. The highest BCUT2D eigenvalue weighted by atomic mass is 16.8. The number of ether oxygens (including phenoxy) is 4. The maximum absolute atomic E-state index is 12.4. The van der Waals surface area contributed by atoms with Crippen molar-refractivity contribution < 1.29 is 28.5 Å². The maximum Gasteiger partial charge on any atom is 0.338 e. The summed E-state index contributed by atoms with van der Waals surface area (Å²) in [5.74, 6) is -1.88. The number of rotatable bonds is 8. The van der Waals surface area contributed by atoms with Crippen LogP contribution in [0.15, 0.2) is 0 Å². The van der Waals surface area contributed by atoms with Gasteiger partial charge in [-0.3, -0.25) is 0 Å². The second-order valence-corrected chi connectivity index (χ2v) is 6.59. The summed E-state index contributed by atoms with van der Waals surface area (Å²) in [5, 5.41) is 0. The molecule has 1 saturated heterocycles. The van der Waals surface area contributed by atoms with Crippen LogP contribution in [0.3, 0.4) is 0 Å². The monoisotopic (exact) mass is 342 g/mol. The number of carbonyl (C=O) groups excluding carboxylic acids is 2. The van der Waals surface area contributed by atoms with E-state index in [1.807, 2.05) is 13.8 Å². The van der Waals surface area contributed by atoms with Crippen LogP contribution in [0.25, 0.3) is 0 Å². The van der Waals surface area contributed by atoms with Crippen LogP contribution in [-0.4, -0.2) is 43.1 Å². The fourth-order valence-electron chi connectivity index (χ4n) is 3.08. The lowest BCUT2D eigenvalue weighted by Gasteiger charge is -2.31. The van der Waals surface area contributed by atoms with E-state index < -0.39 is 29.9 Å². The molecule has 1 spiro atoms. The minimum atomic E-state index is -1.02. The van der Waals surface area contributed by atoms with E-state index in [4.69, 9.17) is 18.9 Å². The predicted molar refractivity (Wildman–Crippen MR) is 87.3 cm³/mol. The summed E-state index contributed by atoms with van der Waals surface area (Å²) in [6.07, 6.45) is 5.85. The van der Waals surface area contributed by atoms with E-state index in [0.29, 0.717) is 26.1 Å². The van der Waals surface area contributed by atoms with Crippen LogP contribution in [0.2, 0.25) is 0 Å². The molecule has 1 saturated carbocycles. The molecular formula is C18H30O6. The molecule has 1 aliphatic heterocycles. The third-order valence-corrected chi connectivity index (χ3v) is 4.52. The number of carbonyl (C=O) groups is 2.